The minimum Gasteiger partial charge on any atom is -0.362 e. The highest BCUT2D eigenvalue weighted by molar-refractivity contribution is 5.76. The van der Waals surface area contributed by atoms with Crippen LogP contribution < -0.4 is 5.32 Å². The largest absolute Gasteiger partial charge is 0.362 e. The normalized spacial score (nSPS) is 12.0. The van der Waals surface area contributed by atoms with Gasteiger partial charge >= 0.3 is 0 Å². The maximum atomic E-state index is 4.74. The standard InChI is InChI=1S/C24H20N6/c1-17(18-8-10-19(11-9-18)20-5-4-12-25-13-20)28-23-14-26-15-24(29-23)30-16-27-21-6-2-3-7-22(21)30/h2-17H,1H3,(H,28,29). The summed E-state index contributed by atoms with van der Waals surface area (Å²) in [6.45, 7) is 2.11. The van der Waals surface area contributed by atoms with E-state index in [1.54, 1.807) is 24.9 Å². The highest BCUT2D eigenvalue weighted by Crippen LogP contribution is 2.23. The van der Waals surface area contributed by atoms with Crippen LogP contribution in [0.25, 0.3) is 28.0 Å². The molecule has 0 radical (unpaired) electrons. The molecule has 6 heteroatoms. The second kappa shape index (κ2) is 7.75. The van der Waals surface area contributed by atoms with Crippen molar-refractivity contribution < 1.29 is 0 Å². The Morgan fingerprint density at radius 3 is 2.53 bits per heavy atom. The first-order valence-electron chi connectivity index (χ1n) is 9.79. The molecule has 3 heterocycles. The first-order valence-corrected chi connectivity index (χ1v) is 9.79. The summed E-state index contributed by atoms with van der Waals surface area (Å²) in [6.07, 6.45) is 8.91. The van der Waals surface area contributed by atoms with E-state index in [-0.39, 0.29) is 6.04 Å². The zero-order valence-electron chi connectivity index (χ0n) is 16.5. The zero-order valence-corrected chi connectivity index (χ0v) is 16.5. The van der Waals surface area contributed by atoms with E-state index in [1.807, 2.05) is 41.1 Å². The fourth-order valence-electron chi connectivity index (χ4n) is 3.49. The lowest BCUT2D eigenvalue weighted by atomic mass is 10.0. The van der Waals surface area contributed by atoms with Crippen molar-refractivity contribution >= 4 is 16.9 Å². The summed E-state index contributed by atoms with van der Waals surface area (Å²) in [5.74, 6) is 1.45. The number of nitrogens with one attached hydrogen (secondary N) is 1. The summed E-state index contributed by atoms with van der Waals surface area (Å²) in [7, 11) is 0. The summed E-state index contributed by atoms with van der Waals surface area (Å²) < 4.78 is 1.95. The molecule has 0 aliphatic rings. The lowest BCUT2D eigenvalue weighted by Gasteiger charge is -2.16. The number of imidazole rings is 1. The molecule has 1 atom stereocenters. The van der Waals surface area contributed by atoms with Gasteiger partial charge in [0.05, 0.1) is 23.4 Å². The monoisotopic (exact) mass is 392 g/mol. The number of rotatable bonds is 5. The van der Waals surface area contributed by atoms with Crippen molar-refractivity contribution in [3.05, 3.63) is 97.3 Å². The van der Waals surface area contributed by atoms with Crippen molar-refractivity contribution in [2.45, 2.75) is 13.0 Å². The Labute approximate surface area is 174 Å². The topological polar surface area (TPSA) is 68.5 Å². The molecule has 1 N–H and O–H groups in total. The maximum Gasteiger partial charge on any atom is 0.159 e. The number of hydrogen-bond acceptors (Lipinski definition) is 5. The van der Waals surface area contributed by atoms with E-state index in [9.17, 15) is 0 Å². The smallest absolute Gasteiger partial charge is 0.159 e. The van der Waals surface area contributed by atoms with Crippen molar-refractivity contribution in [1.82, 2.24) is 24.5 Å². The summed E-state index contributed by atoms with van der Waals surface area (Å²) in [4.78, 5) is 17.7. The summed E-state index contributed by atoms with van der Waals surface area (Å²) >= 11 is 0. The van der Waals surface area contributed by atoms with Gasteiger partial charge in [-0.1, -0.05) is 42.5 Å². The van der Waals surface area contributed by atoms with Crippen molar-refractivity contribution in [3.63, 3.8) is 0 Å². The number of anilines is 1. The molecule has 0 aliphatic heterocycles. The minimum atomic E-state index is 0.0806. The number of aromatic nitrogens is 5. The highest BCUT2D eigenvalue weighted by Gasteiger charge is 2.10. The number of hydrogen-bond donors (Lipinski definition) is 1. The van der Waals surface area contributed by atoms with Gasteiger partial charge in [0.2, 0.25) is 0 Å². The van der Waals surface area contributed by atoms with Gasteiger partial charge in [0.1, 0.15) is 12.1 Å². The maximum absolute atomic E-state index is 4.74. The van der Waals surface area contributed by atoms with Crippen molar-refractivity contribution in [2.24, 2.45) is 0 Å². The van der Waals surface area contributed by atoms with Gasteiger partial charge in [-0.15, -0.1) is 0 Å². The van der Waals surface area contributed by atoms with E-state index in [4.69, 9.17) is 4.98 Å². The number of pyridine rings is 1. The molecule has 0 fully saturated rings. The average Bonchev–Trinajstić information content (AvgIpc) is 3.24. The van der Waals surface area contributed by atoms with Crippen molar-refractivity contribution in [1.29, 1.82) is 0 Å². The quantitative estimate of drug-likeness (QED) is 0.453. The van der Waals surface area contributed by atoms with E-state index in [0.29, 0.717) is 5.82 Å². The highest BCUT2D eigenvalue weighted by atomic mass is 15.2. The van der Waals surface area contributed by atoms with Crippen LogP contribution in [0.3, 0.4) is 0 Å². The number of para-hydroxylation sites is 2. The van der Waals surface area contributed by atoms with Crippen LogP contribution in [-0.4, -0.2) is 24.5 Å². The molecular weight excluding hydrogens is 372 g/mol. The van der Waals surface area contributed by atoms with Crippen LogP contribution in [0.1, 0.15) is 18.5 Å². The Morgan fingerprint density at radius 2 is 1.70 bits per heavy atom. The molecule has 0 bridgehead atoms. The van der Waals surface area contributed by atoms with E-state index >= 15 is 0 Å². The molecule has 30 heavy (non-hydrogen) atoms. The van der Waals surface area contributed by atoms with Gasteiger partial charge in [-0.05, 0) is 41.8 Å². The third-order valence-corrected chi connectivity index (χ3v) is 5.09. The van der Waals surface area contributed by atoms with Gasteiger partial charge in [-0.25, -0.2) is 9.97 Å². The summed E-state index contributed by atoms with van der Waals surface area (Å²) in [6, 6.07) is 20.5. The number of fused-ring (bicyclic) bond motifs is 1. The molecular formula is C24H20N6. The number of nitrogens with zero attached hydrogens (tertiary/aromatic N) is 5. The van der Waals surface area contributed by atoms with Crippen LogP contribution >= 0.6 is 0 Å². The van der Waals surface area contributed by atoms with Gasteiger partial charge in [-0.2, -0.15) is 0 Å². The predicted molar refractivity (Wildman–Crippen MR) is 118 cm³/mol. The van der Waals surface area contributed by atoms with Crippen LogP contribution in [-0.2, 0) is 0 Å². The van der Waals surface area contributed by atoms with Gasteiger partial charge in [0.15, 0.2) is 5.82 Å². The summed E-state index contributed by atoms with van der Waals surface area (Å²) in [5.41, 5.74) is 5.36. The van der Waals surface area contributed by atoms with Gasteiger partial charge in [0, 0.05) is 18.4 Å². The average molecular weight is 392 g/mol. The molecule has 2 aromatic carbocycles. The van der Waals surface area contributed by atoms with E-state index in [2.05, 4.69) is 57.5 Å². The first-order chi connectivity index (χ1) is 14.8. The molecule has 0 saturated heterocycles. The Hall–Kier alpha value is -4.06. The predicted octanol–water partition coefficient (Wildman–Crippen LogP) is 5.05. The molecule has 0 aliphatic carbocycles. The zero-order chi connectivity index (χ0) is 20.3. The minimum absolute atomic E-state index is 0.0806. The fraction of sp³-hybridized carbons (Fsp3) is 0.0833. The Balaban J connectivity index is 1.36. The Bertz CT molecular complexity index is 1280. The van der Waals surface area contributed by atoms with Gasteiger partial charge in [0.25, 0.3) is 0 Å². The van der Waals surface area contributed by atoms with E-state index in [1.165, 1.54) is 5.56 Å². The van der Waals surface area contributed by atoms with E-state index in [0.717, 1.165) is 28.0 Å². The second-order valence-electron chi connectivity index (χ2n) is 7.10. The summed E-state index contributed by atoms with van der Waals surface area (Å²) in [5, 5.41) is 3.45. The molecule has 0 saturated carbocycles. The lowest BCUT2D eigenvalue weighted by molar-refractivity contribution is 0.865. The SMILES string of the molecule is CC(Nc1cncc(-n2cnc3ccccc32)n1)c1ccc(-c2cccnc2)cc1. The third kappa shape index (κ3) is 3.51. The molecule has 3 aromatic heterocycles. The Kier molecular flexibility index (Phi) is 4.65. The van der Waals surface area contributed by atoms with Crippen LogP contribution in [0.2, 0.25) is 0 Å². The molecule has 6 nitrogen and oxygen atoms in total. The molecule has 5 aromatic rings. The molecule has 0 spiro atoms. The van der Waals surface area contributed by atoms with Gasteiger partial charge < -0.3 is 5.32 Å². The van der Waals surface area contributed by atoms with Crippen LogP contribution in [0.5, 0.6) is 0 Å². The molecule has 146 valence electrons. The molecule has 5 rings (SSSR count). The van der Waals surface area contributed by atoms with Crippen LogP contribution in [0, 0.1) is 0 Å². The van der Waals surface area contributed by atoms with Crippen LogP contribution in [0.15, 0.2) is 91.8 Å². The lowest BCUT2D eigenvalue weighted by Crippen LogP contribution is -2.09. The first kappa shape index (κ1) is 18.0. The van der Waals surface area contributed by atoms with Gasteiger partial charge in [-0.3, -0.25) is 14.5 Å². The van der Waals surface area contributed by atoms with Crippen molar-refractivity contribution in [3.8, 4) is 16.9 Å². The molecule has 0 amide bonds. The third-order valence-electron chi connectivity index (χ3n) is 5.09. The number of benzene rings is 2. The van der Waals surface area contributed by atoms with E-state index < -0.39 is 0 Å². The second-order valence-corrected chi connectivity index (χ2v) is 7.10. The van der Waals surface area contributed by atoms with Crippen molar-refractivity contribution in [2.75, 3.05) is 5.32 Å². The fourth-order valence-corrected chi connectivity index (χ4v) is 3.49. The Morgan fingerprint density at radius 1 is 0.833 bits per heavy atom. The van der Waals surface area contributed by atoms with Crippen LogP contribution in [0.4, 0.5) is 5.82 Å². The molecule has 1 unspecified atom stereocenters.